The van der Waals surface area contributed by atoms with Gasteiger partial charge in [0.2, 0.25) is 0 Å². The van der Waals surface area contributed by atoms with Crippen LogP contribution in [0.25, 0.3) is 0 Å². The number of nitrogens with one attached hydrogen (secondary N) is 2. The molecule has 0 saturated carbocycles. The van der Waals surface area contributed by atoms with E-state index in [1.165, 1.54) is 24.3 Å². The maximum absolute atomic E-state index is 4.39. The Morgan fingerprint density at radius 1 is 0.812 bits per heavy atom. The van der Waals surface area contributed by atoms with Crippen LogP contribution in [0.2, 0.25) is 0 Å². The second-order valence-electron chi connectivity index (χ2n) is 5.77. The molecule has 4 nitrogen and oxygen atoms in total. The van der Waals surface area contributed by atoms with Crippen molar-refractivity contribution in [2.24, 2.45) is 19.6 Å². The van der Waals surface area contributed by atoms with Gasteiger partial charge in [0.05, 0.1) is 12.1 Å². The summed E-state index contributed by atoms with van der Waals surface area (Å²) in [6, 6.07) is 0. The van der Waals surface area contributed by atoms with Crippen LogP contribution < -0.4 is 9.44 Å². The van der Waals surface area contributed by atoms with Crippen LogP contribution in [0.3, 0.4) is 0 Å². The Morgan fingerprint density at radius 3 is 1.50 bits per heavy atom. The van der Waals surface area contributed by atoms with Crippen molar-refractivity contribution in [2.45, 2.75) is 41.5 Å². The maximum atomic E-state index is 4.39. The van der Waals surface area contributed by atoms with E-state index < -0.39 is 0 Å². The molecule has 0 saturated heterocycles. The van der Waals surface area contributed by atoms with Gasteiger partial charge in [0.1, 0.15) is 23.8 Å². The molecule has 1 rings (SSSR count). The summed E-state index contributed by atoms with van der Waals surface area (Å²) >= 11 is 2.66. The molecule has 0 atom stereocenters. The minimum absolute atomic E-state index is 0.0104. The molecule has 0 aromatic carbocycles. The summed E-state index contributed by atoms with van der Waals surface area (Å²) in [6.45, 7) is 12.7. The van der Waals surface area contributed by atoms with Gasteiger partial charge in [0, 0.05) is 10.8 Å². The van der Waals surface area contributed by atoms with Crippen molar-refractivity contribution in [2.75, 3.05) is 0 Å². The third-order valence-corrected chi connectivity index (χ3v) is 3.10. The second kappa shape index (κ2) is 4.87. The van der Waals surface area contributed by atoms with Gasteiger partial charge in [-0.05, 0) is 0 Å². The molecule has 0 aromatic rings. The first-order chi connectivity index (χ1) is 7.21. The highest BCUT2D eigenvalue weighted by Gasteiger charge is 2.24. The predicted octanol–water partition coefficient (Wildman–Crippen LogP) is 3.19. The van der Waals surface area contributed by atoms with Crippen LogP contribution >= 0.6 is 24.3 Å². The highest BCUT2D eigenvalue weighted by Crippen LogP contribution is 2.24. The zero-order valence-electron chi connectivity index (χ0n) is 10.7. The highest BCUT2D eigenvalue weighted by molar-refractivity contribution is 7.98. The average Bonchev–Trinajstić information content (AvgIpc) is 1.96. The first-order valence-corrected chi connectivity index (χ1v) is 6.77. The molecule has 0 amide bonds. The van der Waals surface area contributed by atoms with Gasteiger partial charge in [-0.2, -0.15) is 8.80 Å². The Hall–Kier alpha value is -0.360. The summed E-state index contributed by atoms with van der Waals surface area (Å²) in [5, 5.41) is 0. The standard InChI is InChI=1S/C10H20N4S2/c1-9(2,3)7-11-15-13-8(10(4,5)6)14-16-12-7/h1-6H3,(H,11,12)(H,13,14). The van der Waals surface area contributed by atoms with Crippen molar-refractivity contribution < 1.29 is 0 Å². The van der Waals surface area contributed by atoms with Crippen LogP contribution in [0.4, 0.5) is 0 Å². The SMILES string of the molecule is CC(C)(C)/C1=N/S/N=C(/C(C)(C)C)NSN1. The second-order valence-corrected chi connectivity index (χ2v) is 6.91. The fraction of sp³-hybridized carbons (Fsp3) is 0.800. The van der Waals surface area contributed by atoms with Gasteiger partial charge < -0.3 is 0 Å². The molecule has 2 N–H and O–H groups in total. The summed E-state index contributed by atoms with van der Waals surface area (Å²) in [5.74, 6) is 1.87. The molecule has 0 bridgehead atoms. The van der Waals surface area contributed by atoms with Crippen LogP contribution in [0, 0.1) is 10.8 Å². The van der Waals surface area contributed by atoms with Gasteiger partial charge in [-0.15, -0.1) is 0 Å². The lowest BCUT2D eigenvalue weighted by Gasteiger charge is -2.26. The van der Waals surface area contributed by atoms with E-state index in [0.717, 1.165) is 11.7 Å². The summed E-state index contributed by atoms with van der Waals surface area (Å²) in [6.07, 6.45) is 0. The summed E-state index contributed by atoms with van der Waals surface area (Å²) < 4.78 is 15.2. The van der Waals surface area contributed by atoms with E-state index in [0.29, 0.717) is 0 Å². The Bertz CT molecular complexity index is 280. The summed E-state index contributed by atoms with van der Waals surface area (Å²) in [5.41, 5.74) is 0.0207. The largest absolute Gasteiger partial charge is 0.299 e. The van der Waals surface area contributed by atoms with Crippen LogP contribution in [0.15, 0.2) is 8.80 Å². The van der Waals surface area contributed by atoms with E-state index in [4.69, 9.17) is 0 Å². The lowest BCUT2D eigenvalue weighted by molar-refractivity contribution is 0.578. The molecule has 6 heteroatoms. The Labute approximate surface area is 107 Å². The lowest BCUT2D eigenvalue weighted by atomic mass is 9.96. The van der Waals surface area contributed by atoms with Gasteiger partial charge in [0.15, 0.2) is 0 Å². The van der Waals surface area contributed by atoms with Crippen LogP contribution in [-0.4, -0.2) is 11.7 Å². The number of hydrogen-bond acceptors (Lipinski definition) is 6. The summed E-state index contributed by atoms with van der Waals surface area (Å²) in [4.78, 5) is 0. The molecule has 0 radical (unpaired) electrons. The fourth-order valence-corrected chi connectivity index (χ4v) is 2.75. The topological polar surface area (TPSA) is 48.8 Å². The number of rotatable bonds is 0. The molecule has 16 heavy (non-hydrogen) atoms. The number of nitrogens with zero attached hydrogens (tertiary/aromatic N) is 2. The van der Waals surface area contributed by atoms with Crippen LogP contribution in [-0.2, 0) is 0 Å². The summed E-state index contributed by atoms with van der Waals surface area (Å²) in [7, 11) is 0. The quantitative estimate of drug-likeness (QED) is 0.657. The molecule has 0 aliphatic carbocycles. The van der Waals surface area contributed by atoms with Crippen molar-refractivity contribution in [1.82, 2.24) is 9.44 Å². The van der Waals surface area contributed by atoms with Crippen molar-refractivity contribution in [1.29, 1.82) is 0 Å². The van der Waals surface area contributed by atoms with E-state index in [1.54, 1.807) is 0 Å². The molecule has 92 valence electrons. The van der Waals surface area contributed by atoms with Gasteiger partial charge in [0.25, 0.3) is 0 Å². The number of hydrogen-bond donors (Lipinski definition) is 2. The molecule has 0 fully saturated rings. The first kappa shape index (κ1) is 13.7. The van der Waals surface area contributed by atoms with E-state index in [1.807, 2.05) is 0 Å². The molecule has 1 aliphatic rings. The first-order valence-electron chi connectivity index (χ1n) is 5.22. The van der Waals surface area contributed by atoms with Crippen molar-refractivity contribution >= 4 is 35.9 Å². The zero-order chi connectivity index (χ0) is 12.4. The van der Waals surface area contributed by atoms with Gasteiger partial charge in [-0.25, -0.2) is 0 Å². The fourth-order valence-electron chi connectivity index (χ4n) is 0.842. The van der Waals surface area contributed by atoms with Crippen molar-refractivity contribution in [3.63, 3.8) is 0 Å². The number of amidine groups is 2. The Kier molecular flexibility index (Phi) is 4.17. The average molecular weight is 260 g/mol. The minimum atomic E-state index is 0.0104. The molecular weight excluding hydrogens is 240 g/mol. The van der Waals surface area contributed by atoms with Crippen molar-refractivity contribution in [3.8, 4) is 0 Å². The molecular formula is C10H20N4S2. The lowest BCUT2D eigenvalue weighted by Crippen LogP contribution is -2.38. The molecule has 1 heterocycles. The zero-order valence-corrected chi connectivity index (χ0v) is 12.3. The van der Waals surface area contributed by atoms with E-state index >= 15 is 0 Å². The van der Waals surface area contributed by atoms with Gasteiger partial charge >= 0.3 is 0 Å². The minimum Gasteiger partial charge on any atom is -0.299 e. The monoisotopic (exact) mass is 260 g/mol. The molecule has 1 aliphatic heterocycles. The Balaban J connectivity index is 2.81. The molecule has 0 aromatic heterocycles. The highest BCUT2D eigenvalue weighted by atomic mass is 32.2. The van der Waals surface area contributed by atoms with E-state index in [9.17, 15) is 0 Å². The predicted molar refractivity (Wildman–Crippen MR) is 75.2 cm³/mol. The van der Waals surface area contributed by atoms with Crippen LogP contribution in [0.5, 0.6) is 0 Å². The third kappa shape index (κ3) is 3.90. The van der Waals surface area contributed by atoms with Gasteiger partial charge in [-0.1, -0.05) is 41.5 Å². The van der Waals surface area contributed by atoms with Crippen LogP contribution in [0.1, 0.15) is 41.5 Å². The third-order valence-electron chi connectivity index (χ3n) is 1.98. The van der Waals surface area contributed by atoms with E-state index in [2.05, 4.69) is 59.8 Å². The van der Waals surface area contributed by atoms with E-state index in [-0.39, 0.29) is 10.8 Å². The van der Waals surface area contributed by atoms with Gasteiger partial charge in [-0.3, -0.25) is 9.44 Å². The normalized spacial score (nSPS) is 25.1. The van der Waals surface area contributed by atoms with Crippen molar-refractivity contribution in [3.05, 3.63) is 0 Å². The molecule has 0 spiro atoms. The maximum Gasteiger partial charge on any atom is 0.129 e. The Morgan fingerprint density at radius 2 is 1.19 bits per heavy atom. The molecule has 0 unspecified atom stereocenters. The smallest absolute Gasteiger partial charge is 0.129 e.